The summed E-state index contributed by atoms with van der Waals surface area (Å²) >= 11 is 0. The number of carbonyl (C=O) groups excluding carboxylic acids is 2. The van der Waals surface area contributed by atoms with E-state index in [2.05, 4.69) is 20.4 Å². The highest BCUT2D eigenvalue weighted by atomic mass is 19.4. The van der Waals surface area contributed by atoms with E-state index in [9.17, 15) is 22.8 Å². The molecule has 1 saturated carbocycles. The standard InChI is InChI=1S/C24H21F3N6O4/c1-14(34)32(2)12-16-10-21(29-13-28-16)36-17-3-4-18-15(9-17)5-8-33(18)22(35)30-20-11-19(37-31-20)23(6-7-23)24(25,26)27/h3-5,8-11,13H,6-7,12H2,1-2H3,(H,30,31,35). The summed E-state index contributed by atoms with van der Waals surface area (Å²) in [5, 5.41) is 6.73. The van der Waals surface area contributed by atoms with Gasteiger partial charge in [-0.2, -0.15) is 13.2 Å². The van der Waals surface area contributed by atoms with Gasteiger partial charge in [-0.1, -0.05) is 5.16 Å². The van der Waals surface area contributed by atoms with Gasteiger partial charge in [0.2, 0.25) is 11.8 Å². The number of amides is 2. The lowest BCUT2D eigenvalue weighted by molar-refractivity contribution is -0.165. The molecule has 1 aliphatic carbocycles. The Labute approximate surface area is 208 Å². The van der Waals surface area contributed by atoms with Crippen molar-refractivity contribution in [1.82, 2.24) is 24.6 Å². The van der Waals surface area contributed by atoms with Crippen molar-refractivity contribution in [1.29, 1.82) is 0 Å². The summed E-state index contributed by atoms with van der Waals surface area (Å²) in [5.41, 5.74) is -0.882. The molecule has 13 heteroatoms. The number of fused-ring (bicyclic) bond motifs is 1. The van der Waals surface area contributed by atoms with Crippen molar-refractivity contribution in [3.63, 3.8) is 0 Å². The summed E-state index contributed by atoms with van der Waals surface area (Å²) in [6, 6.07) is 8.81. The van der Waals surface area contributed by atoms with Crippen molar-refractivity contribution in [2.24, 2.45) is 0 Å². The zero-order chi connectivity index (χ0) is 26.4. The first-order valence-corrected chi connectivity index (χ1v) is 11.2. The molecule has 1 N–H and O–H groups in total. The minimum Gasteiger partial charge on any atom is -0.439 e. The molecule has 10 nitrogen and oxygen atoms in total. The average molecular weight is 514 g/mol. The molecule has 4 aromatic rings. The molecule has 1 aliphatic rings. The van der Waals surface area contributed by atoms with Crippen LogP contribution in [0.3, 0.4) is 0 Å². The van der Waals surface area contributed by atoms with Crippen LogP contribution >= 0.6 is 0 Å². The molecule has 3 aromatic heterocycles. The van der Waals surface area contributed by atoms with Gasteiger partial charge in [0.15, 0.2) is 11.6 Å². The number of anilines is 1. The minimum absolute atomic E-state index is 0.0719. The van der Waals surface area contributed by atoms with E-state index < -0.39 is 17.6 Å². The second kappa shape index (κ2) is 8.91. The third kappa shape index (κ3) is 4.71. The molecule has 192 valence electrons. The smallest absolute Gasteiger partial charge is 0.401 e. The maximum Gasteiger partial charge on any atom is 0.401 e. The Bertz CT molecular complexity index is 1490. The maximum absolute atomic E-state index is 13.3. The molecule has 1 fully saturated rings. The molecule has 0 atom stereocenters. The van der Waals surface area contributed by atoms with Crippen molar-refractivity contribution < 1.29 is 32.0 Å². The van der Waals surface area contributed by atoms with Crippen LogP contribution in [0.25, 0.3) is 10.9 Å². The predicted molar refractivity (Wildman–Crippen MR) is 124 cm³/mol. The van der Waals surface area contributed by atoms with Gasteiger partial charge >= 0.3 is 12.2 Å². The Balaban J connectivity index is 1.29. The lowest BCUT2D eigenvalue weighted by atomic mass is 10.0. The van der Waals surface area contributed by atoms with Gasteiger partial charge in [0.25, 0.3) is 0 Å². The number of nitrogens with zero attached hydrogens (tertiary/aromatic N) is 5. The number of aromatic nitrogens is 4. The van der Waals surface area contributed by atoms with E-state index in [-0.39, 0.29) is 36.2 Å². The molecule has 0 radical (unpaired) electrons. The van der Waals surface area contributed by atoms with Gasteiger partial charge < -0.3 is 14.2 Å². The first-order chi connectivity index (χ1) is 17.6. The molecule has 0 bridgehead atoms. The van der Waals surface area contributed by atoms with E-state index in [0.29, 0.717) is 28.9 Å². The van der Waals surface area contributed by atoms with Gasteiger partial charge in [-0.05, 0) is 37.1 Å². The van der Waals surface area contributed by atoms with Gasteiger partial charge in [-0.3, -0.25) is 14.7 Å². The number of carbonyl (C=O) groups is 2. The Hall–Kier alpha value is -4.42. The average Bonchev–Trinajstić information content (AvgIpc) is 3.36. The number of nitrogens with one attached hydrogen (secondary N) is 1. The van der Waals surface area contributed by atoms with Gasteiger partial charge in [0.1, 0.15) is 17.5 Å². The fraction of sp³-hybridized carbons (Fsp3) is 0.292. The third-order valence-corrected chi connectivity index (χ3v) is 6.25. The summed E-state index contributed by atoms with van der Waals surface area (Å²) in [7, 11) is 1.66. The van der Waals surface area contributed by atoms with E-state index in [0.717, 1.165) is 6.07 Å². The number of benzene rings is 1. The maximum atomic E-state index is 13.3. The second-order valence-electron chi connectivity index (χ2n) is 8.82. The highest BCUT2D eigenvalue weighted by Gasteiger charge is 2.66. The summed E-state index contributed by atoms with van der Waals surface area (Å²) in [6.45, 7) is 1.76. The van der Waals surface area contributed by atoms with E-state index in [1.54, 1.807) is 37.4 Å². The Morgan fingerprint density at radius 2 is 1.97 bits per heavy atom. The highest BCUT2D eigenvalue weighted by molar-refractivity contribution is 5.98. The molecular formula is C24H21F3N6O4. The molecule has 2 amide bonds. The third-order valence-electron chi connectivity index (χ3n) is 6.25. The van der Waals surface area contributed by atoms with Crippen LogP contribution in [0.1, 0.15) is 31.2 Å². The predicted octanol–water partition coefficient (Wildman–Crippen LogP) is 4.86. The number of alkyl halides is 3. The van der Waals surface area contributed by atoms with Crippen LogP contribution in [-0.4, -0.2) is 49.8 Å². The van der Waals surface area contributed by atoms with Crippen LogP contribution in [-0.2, 0) is 16.8 Å². The first-order valence-electron chi connectivity index (χ1n) is 11.2. The Kier molecular flexibility index (Phi) is 5.85. The molecule has 37 heavy (non-hydrogen) atoms. The van der Waals surface area contributed by atoms with E-state index >= 15 is 0 Å². The van der Waals surface area contributed by atoms with E-state index in [4.69, 9.17) is 9.26 Å². The molecule has 0 aliphatic heterocycles. The van der Waals surface area contributed by atoms with Crippen molar-refractivity contribution in [3.8, 4) is 11.6 Å². The monoisotopic (exact) mass is 514 g/mol. The van der Waals surface area contributed by atoms with Crippen LogP contribution in [0.5, 0.6) is 11.6 Å². The molecule has 5 rings (SSSR count). The Morgan fingerprint density at radius 3 is 2.68 bits per heavy atom. The van der Waals surface area contributed by atoms with Crippen LogP contribution in [0.15, 0.2) is 53.4 Å². The van der Waals surface area contributed by atoms with Crippen LogP contribution in [0.4, 0.5) is 23.8 Å². The van der Waals surface area contributed by atoms with Crippen LogP contribution in [0, 0.1) is 0 Å². The quantitative estimate of drug-likeness (QED) is 0.391. The highest BCUT2D eigenvalue weighted by Crippen LogP contribution is 2.59. The molecule has 0 spiro atoms. The van der Waals surface area contributed by atoms with Gasteiger partial charge in [-0.25, -0.2) is 14.8 Å². The molecule has 1 aromatic carbocycles. The molecule has 0 unspecified atom stereocenters. The number of rotatable bonds is 6. The second-order valence-corrected chi connectivity index (χ2v) is 8.82. The van der Waals surface area contributed by atoms with Crippen molar-refractivity contribution >= 4 is 28.7 Å². The fourth-order valence-electron chi connectivity index (χ4n) is 3.88. The van der Waals surface area contributed by atoms with E-state index in [1.165, 1.54) is 28.9 Å². The molecule has 0 saturated heterocycles. The largest absolute Gasteiger partial charge is 0.439 e. The normalized spacial score (nSPS) is 14.4. The van der Waals surface area contributed by atoms with Crippen LogP contribution in [0.2, 0.25) is 0 Å². The minimum atomic E-state index is -4.44. The summed E-state index contributed by atoms with van der Waals surface area (Å²) < 4.78 is 51.9. The SMILES string of the molecule is CC(=O)N(C)Cc1cc(Oc2ccc3c(ccn3C(=O)Nc3cc(C4(C(F)(F)F)CC4)on3)c2)ncn1. The van der Waals surface area contributed by atoms with Crippen molar-refractivity contribution in [2.75, 3.05) is 12.4 Å². The van der Waals surface area contributed by atoms with Crippen molar-refractivity contribution in [2.45, 2.75) is 37.9 Å². The lowest BCUT2D eigenvalue weighted by Crippen LogP contribution is -2.28. The number of halogens is 3. The summed E-state index contributed by atoms with van der Waals surface area (Å²) in [4.78, 5) is 34.0. The number of hydrogen-bond donors (Lipinski definition) is 1. The van der Waals surface area contributed by atoms with Crippen LogP contribution < -0.4 is 10.1 Å². The van der Waals surface area contributed by atoms with Gasteiger partial charge in [0, 0.05) is 37.7 Å². The zero-order valence-electron chi connectivity index (χ0n) is 19.7. The first kappa shape index (κ1) is 24.3. The molecule has 3 heterocycles. The zero-order valence-corrected chi connectivity index (χ0v) is 19.7. The topological polar surface area (TPSA) is 115 Å². The Morgan fingerprint density at radius 1 is 1.19 bits per heavy atom. The fourth-order valence-corrected chi connectivity index (χ4v) is 3.88. The summed E-state index contributed by atoms with van der Waals surface area (Å²) in [6.07, 6.45) is -1.73. The number of ether oxygens (including phenoxy) is 1. The lowest BCUT2D eigenvalue weighted by Gasteiger charge is -2.15. The molecular weight excluding hydrogens is 493 g/mol. The van der Waals surface area contributed by atoms with Gasteiger partial charge in [-0.15, -0.1) is 0 Å². The van der Waals surface area contributed by atoms with E-state index in [1.807, 2.05) is 0 Å². The van der Waals surface area contributed by atoms with Gasteiger partial charge in [0.05, 0.1) is 17.8 Å². The van der Waals surface area contributed by atoms with Crippen molar-refractivity contribution in [3.05, 3.63) is 60.4 Å². The number of hydrogen-bond acceptors (Lipinski definition) is 7. The summed E-state index contributed by atoms with van der Waals surface area (Å²) in [5.74, 6) is 0.227.